The summed E-state index contributed by atoms with van der Waals surface area (Å²) in [5, 5.41) is 6.45. The Morgan fingerprint density at radius 2 is 1.62 bits per heavy atom. The molecular weight excluding hydrogens is 605 g/mol. The molecule has 42 heavy (non-hydrogen) atoms. The topological polar surface area (TPSA) is 61.4 Å². The van der Waals surface area contributed by atoms with Gasteiger partial charge in [0.25, 0.3) is 0 Å². The van der Waals surface area contributed by atoms with Crippen molar-refractivity contribution in [3.05, 3.63) is 137 Å². The number of thioether (sulfide) groups is 2. The molecule has 0 bridgehead atoms. The number of hydrogen-bond donors (Lipinski definition) is 2. The molecule has 2 aliphatic rings. The van der Waals surface area contributed by atoms with Gasteiger partial charge in [0, 0.05) is 20.5 Å². The van der Waals surface area contributed by atoms with Crippen molar-refractivity contribution in [2.45, 2.75) is 26.3 Å². The molecule has 0 saturated carbocycles. The normalized spacial score (nSPS) is 17.6. The van der Waals surface area contributed by atoms with Crippen LogP contribution >= 0.6 is 46.7 Å². The second-order valence-corrected chi connectivity index (χ2v) is 12.9. The molecule has 210 valence electrons. The number of benzene rings is 4. The zero-order chi connectivity index (χ0) is 29.1. The van der Waals surface area contributed by atoms with Crippen LogP contribution in [-0.4, -0.2) is 23.2 Å². The fraction of sp³-hybridized carbons (Fsp3) is 0.0909. The number of halogens is 2. The Morgan fingerprint density at radius 3 is 2.48 bits per heavy atom. The van der Waals surface area contributed by atoms with Gasteiger partial charge in [-0.3, -0.25) is 9.69 Å². The van der Waals surface area contributed by atoms with Crippen molar-refractivity contribution in [1.29, 1.82) is 0 Å². The maximum Gasteiger partial charge on any atom is 0.326 e. The maximum atomic E-state index is 13.8. The van der Waals surface area contributed by atoms with Crippen LogP contribution < -0.4 is 15.5 Å². The van der Waals surface area contributed by atoms with Crippen molar-refractivity contribution < 1.29 is 9.59 Å². The first-order valence-electron chi connectivity index (χ1n) is 13.2. The van der Waals surface area contributed by atoms with Crippen LogP contribution in [0.5, 0.6) is 0 Å². The van der Waals surface area contributed by atoms with Gasteiger partial charge >= 0.3 is 6.03 Å². The average molecular weight is 631 g/mol. The lowest BCUT2D eigenvalue weighted by molar-refractivity contribution is -0.115. The van der Waals surface area contributed by atoms with E-state index in [1.165, 1.54) is 11.8 Å². The molecule has 4 aromatic rings. The summed E-state index contributed by atoms with van der Waals surface area (Å²) in [7, 11) is 0. The third-order valence-corrected chi connectivity index (χ3v) is 9.95. The van der Waals surface area contributed by atoms with Crippen LogP contribution in [0.15, 0.2) is 131 Å². The van der Waals surface area contributed by atoms with E-state index in [0.717, 1.165) is 21.0 Å². The van der Waals surface area contributed by atoms with E-state index >= 15 is 0 Å². The predicted molar refractivity (Wildman–Crippen MR) is 176 cm³/mol. The first-order chi connectivity index (χ1) is 20.5. The van der Waals surface area contributed by atoms with Gasteiger partial charge in [-0.15, -0.1) is 23.5 Å². The van der Waals surface area contributed by atoms with Crippen LogP contribution in [0.3, 0.4) is 0 Å². The summed E-state index contributed by atoms with van der Waals surface area (Å²) in [4.78, 5) is 31.1. The largest absolute Gasteiger partial charge is 0.326 e. The van der Waals surface area contributed by atoms with E-state index in [2.05, 4.69) is 22.8 Å². The predicted octanol–water partition coefficient (Wildman–Crippen LogP) is 9.47. The molecule has 1 aliphatic heterocycles. The fourth-order valence-electron chi connectivity index (χ4n) is 4.88. The van der Waals surface area contributed by atoms with Crippen LogP contribution in [0.25, 0.3) is 0 Å². The average Bonchev–Trinajstić information content (AvgIpc) is 3.01. The molecule has 0 fully saturated rings. The molecule has 0 saturated heterocycles. The molecule has 0 radical (unpaired) electrons. The summed E-state index contributed by atoms with van der Waals surface area (Å²) in [6.45, 7) is 0. The van der Waals surface area contributed by atoms with Gasteiger partial charge < -0.3 is 10.6 Å². The molecule has 0 spiro atoms. The third kappa shape index (κ3) is 6.25. The van der Waals surface area contributed by atoms with E-state index in [0.29, 0.717) is 21.4 Å². The van der Waals surface area contributed by atoms with Crippen LogP contribution in [0, 0.1) is 0 Å². The van der Waals surface area contributed by atoms with Gasteiger partial charge in [-0.2, -0.15) is 0 Å². The lowest BCUT2D eigenvalue weighted by Gasteiger charge is -2.40. The van der Waals surface area contributed by atoms with Gasteiger partial charge in [-0.05, 0) is 54.1 Å². The highest BCUT2D eigenvalue weighted by Crippen LogP contribution is 2.44. The Kier molecular flexibility index (Phi) is 8.63. The van der Waals surface area contributed by atoms with Crippen LogP contribution in [0.4, 0.5) is 21.9 Å². The van der Waals surface area contributed by atoms with Gasteiger partial charge in [0.05, 0.1) is 27.7 Å². The second kappa shape index (κ2) is 12.7. The number of carbonyl (C=O) groups excluding carboxylic acids is 2. The third-order valence-electron chi connectivity index (χ3n) is 6.83. The van der Waals surface area contributed by atoms with E-state index in [1.54, 1.807) is 30.0 Å². The molecular formula is C33H25Cl2N3O2S2. The van der Waals surface area contributed by atoms with E-state index in [-0.39, 0.29) is 23.2 Å². The lowest BCUT2D eigenvalue weighted by atomic mass is 10.1. The molecule has 5 nitrogen and oxygen atoms in total. The summed E-state index contributed by atoms with van der Waals surface area (Å²) in [6, 6.07) is 29.7. The Labute approximate surface area is 263 Å². The highest BCUT2D eigenvalue weighted by Gasteiger charge is 2.36. The number of hydrogen-bond acceptors (Lipinski definition) is 4. The van der Waals surface area contributed by atoms with Crippen LogP contribution in [-0.2, 0) is 4.79 Å². The molecule has 3 atom stereocenters. The van der Waals surface area contributed by atoms with Gasteiger partial charge in [0.1, 0.15) is 5.25 Å². The molecule has 2 N–H and O–H groups in total. The summed E-state index contributed by atoms with van der Waals surface area (Å²) in [6.07, 6.45) is 8.21. The minimum atomic E-state index is -0.585. The number of anilines is 3. The van der Waals surface area contributed by atoms with Gasteiger partial charge in [-0.1, -0.05) is 96.0 Å². The van der Waals surface area contributed by atoms with E-state index in [4.69, 9.17) is 23.2 Å². The molecule has 6 rings (SSSR count). The molecule has 3 amide bonds. The number of nitrogens with one attached hydrogen (secondary N) is 2. The van der Waals surface area contributed by atoms with Crippen molar-refractivity contribution in [2.75, 3.05) is 15.5 Å². The lowest BCUT2D eigenvalue weighted by Crippen LogP contribution is -2.49. The first kappa shape index (κ1) is 28.5. The Balaban J connectivity index is 1.24. The van der Waals surface area contributed by atoms with Gasteiger partial charge in [0.2, 0.25) is 5.91 Å². The number of amides is 3. The fourth-order valence-corrected chi connectivity index (χ4v) is 7.56. The number of para-hydroxylation sites is 1. The first-order valence-corrected chi connectivity index (χ1v) is 15.8. The monoisotopic (exact) mass is 629 g/mol. The maximum absolute atomic E-state index is 13.8. The van der Waals surface area contributed by atoms with Crippen LogP contribution in [0.2, 0.25) is 10.0 Å². The SMILES string of the molecule is O=C(Nc1cc(Cl)ccc1Cl)C(Sc1cccc(NC(=O)N2c3ccccc3SC3C=CC=CC32)c1)c1ccccc1. The number of rotatable bonds is 6. The van der Waals surface area contributed by atoms with E-state index in [9.17, 15) is 9.59 Å². The number of fused-ring (bicyclic) bond motifs is 2. The molecule has 9 heteroatoms. The smallest absolute Gasteiger partial charge is 0.323 e. The zero-order valence-electron chi connectivity index (χ0n) is 22.1. The van der Waals surface area contributed by atoms with Crippen molar-refractivity contribution in [1.82, 2.24) is 0 Å². The zero-order valence-corrected chi connectivity index (χ0v) is 25.3. The second-order valence-electron chi connectivity index (χ2n) is 9.66. The molecule has 4 aromatic carbocycles. The molecule has 1 heterocycles. The van der Waals surface area contributed by atoms with Crippen molar-refractivity contribution in [2.24, 2.45) is 0 Å². The van der Waals surface area contributed by atoms with Crippen molar-refractivity contribution in [3.63, 3.8) is 0 Å². The number of carbonyl (C=O) groups is 2. The van der Waals surface area contributed by atoms with Gasteiger partial charge in [-0.25, -0.2) is 4.79 Å². The number of urea groups is 1. The Morgan fingerprint density at radius 1 is 0.833 bits per heavy atom. The highest BCUT2D eigenvalue weighted by atomic mass is 35.5. The molecule has 1 aliphatic carbocycles. The highest BCUT2D eigenvalue weighted by molar-refractivity contribution is 8.00. The van der Waals surface area contributed by atoms with Gasteiger partial charge in [0.15, 0.2) is 0 Å². The van der Waals surface area contributed by atoms with Crippen molar-refractivity contribution in [3.8, 4) is 0 Å². The number of allylic oxidation sites excluding steroid dienone is 2. The number of nitrogens with zero attached hydrogens (tertiary/aromatic N) is 1. The van der Waals surface area contributed by atoms with Crippen LogP contribution in [0.1, 0.15) is 10.8 Å². The standard InChI is InChI=1S/C33H25Cl2N3O2S2/c34-22-17-18-25(35)26(19-22)37-32(39)31(21-9-2-1-3-10-21)41-24-12-8-11-23(20-24)36-33(40)38-27-13-4-6-15-29(27)42-30-16-7-5-14-28(30)38/h1-20,27,29,31H,(H,36,40)(H,37,39). The van der Waals surface area contributed by atoms with Crippen molar-refractivity contribution >= 4 is 75.7 Å². The minimum Gasteiger partial charge on any atom is -0.323 e. The Hall–Kier alpha value is -3.62. The summed E-state index contributed by atoms with van der Waals surface area (Å²) in [5.41, 5.74) is 2.80. The summed E-state index contributed by atoms with van der Waals surface area (Å²) < 4.78 is 0. The van der Waals surface area contributed by atoms with E-state index < -0.39 is 5.25 Å². The quantitative estimate of drug-likeness (QED) is 0.208. The molecule has 3 unspecified atom stereocenters. The summed E-state index contributed by atoms with van der Waals surface area (Å²) in [5.74, 6) is -0.240. The minimum absolute atomic E-state index is 0.100. The molecule has 0 aromatic heterocycles. The summed E-state index contributed by atoms with van der Waals surface area (Å²) >= 11 is 15.6. The van der Waals surface area contributed by atoms with E-state index in [1.807, 2.05) is 95.9 Å². The Bertz CT molecular complexity index is 1700.